The Labute approximate surface area is 152 Å². The monoisotopic (exact) mass is 368 g/mol. The fraction of sp³-hybridized carbons (Fsp3) is 0.556. The third kappa shape index (κ3) is 3.55. The summed E-state index contributed by atoms with van der Waals surface area (Å²) in [6.45, 7) is 2.54. The summed E-state index contributed by atoms with van der Waals surface area (Å²) < 4.78 is 0. The van der Waals surface area contributed by atoms with Crippen molar-refractivity contribution in [3.8, 4) is 0 Å². The van der Waals surface area contributed by atoms with Crippen molar-refractivity contribution in [1.29, 1.82) is 0 Å². The van der Waals surface area contributed by atoms with Gasteiger partial charge in [0, 0.05) is 19.0 Å². The lowest BCUT2D eigenvalue weighted by molar-refractivity contribution is -0.127. The summed E-state index contributed by atoms with van der Waals surface area (Å²) in [7, 11) is 0. The van der Waals surface area contributed by atoms with E-state index in [0.29, 0.717) is 28.2 Å². The number of carbonyl (C=O) groups is 2. The summed E-state index contributed by atoms with van der Waals surface area (Å²) in [5, 5.41) is 3.92. The lowest BCUT2D eigenvalue weighted by Crippen LogP contribution is -2.44. The molecule has 0 spiro atoms. The molecule has 2 fully saturated rings. The molecule has 1 aliphatic carbocycles. The minimum atomic E-state index is -0.332. The van der Waals surface area contributed by atoms with E-state index in [1.165, 1.54) is 6.42 Å². The Hall–Kier alpha value is -1.26. The number of carbonyl (C=O) groups excluding carboxylic acids is 2. The Morgan fingerprint density at radius 1 is 1.25 bits per heavy atom. The van der Waals surface area contributed by atoms with E-state index in [1.54, 1.807) is 23.1 Å². The predicted molar refractivity (Wildman–Crippen MR) is 96.5 cm³/mol. The minimum Gasteiger partial charge on any atom is -0.353 e. The van der Waals surface area contributed by atoms with E-state index in [0.717, 1.165) is 19.3 Å². The first-order valence-electron chi connectivity index (χ1n) is 8.52. The van der Waals surface area contributed by atoms with Gasteiger partial charge < -0.3 is 10.2 Å². The van der Waals surface area contributed by atoms with Gasteiger partial charge in [0.1, 0.15) is 0 Å². The molecular weight excluding hydrogens is 347 g/mol. The second-order valence-corrected chi connectivity index (χ2v) is 7.64. The quantitative estimate of drug-likeness (QED) is 0.874. The lowest BCUT2D eigenvalue weighted by Gasteiger charge is -2.30. The number of hydrogen-bond donors (Lipinski definition) is 1. The zero-order valence-corrected chi connectivity index (χ0v) is 15.2. The van der Waals surface area contributed by atoms with Crippen molar-refractivity contribution in [2.24, 2.45) is 11.8 Å². The number of anilines is 1. The Kier molecular flexibility index (Phi) is 5.36. The van der Waals surface area contributed by atoms with Crippen LogP contribution in [-0.2, 0) is 9.59 Å². The molecule has 6 heteroatoms. The second kappa shape index (κ2) is 7.32. The van der Waals surface area contributed by atoms with Crippen LogP contribution in [0.4, 0.5) is 5.69 Å². The van der Waals surface area contributed by atoms with Crippen LogP contribution < -0.4 is 10.2 Å². The zero-order valence-electron chi connectivity index (χ0n) is 13.7. The van der Waals surface area contributed by atoms with Gasteiger partial charge in [-0.25, -0.2) is 0 Å². The van der Waals surface area contributed by atoms with E-state index in [2.05, 4.69) is 12.2 Å². The first-order chi connectivity index (χ1) is 11.5. The largest absolute Gasteiger partial charge is 0.353 e. The highest BCUT2D eigenvalue weighted by molar-refractivity contribution is 6.44. The van der Waals surface area contributed by atoms with Crippen molar-refractivity contribution in [2.45, 2.75) is 45.1 Å². The van der Waals surface area contributed by atoms with Gasteiger partial charge >= 0.3 is 0 Å². The van der Waals surface area contributed by atoms with Gasteiger partial charge in [-0.2, -0.15) is 0 Å². The third-order valence-corrected chi connectivity index (χ3v) is 5.97. The molecule has 3 atom stereocenters. The maximum atomic E-state index is 12.6. The standard InChI is InChI=1S/C18H22Cl2N2O2/c1-11-5-2-3-7-14(11)21-18(24)12-9-16(23)22(10-12)15-8-4-6-13(19)17(15)20/h4,6,8,11-12,14H,2-3,5,7,9-10H2,1H3,(H,21,24)/t11-,12+,14+/m1/s1. The summed E-state index contributed by atoms with van der Waals surface area (Å²) in [6, 6.07) is 5.43. The van der Waals surface area contributed by atoms with Crippen LogP contribution in [-0.4, -0.2) is 24.4 Å². The SMILES string of the molecule is C[C@@H]1CCCC[C@@H]1NC(=O)[C@H]1CC(=O)N(c2cccc(Cl)c2Cl)C1. The van der Waals surface area contributed by atoms with Crippen LogP contribution in [0.5, 0.6) is 0 Å². The Balaban J connectivity index is 1.68. The molecule has 130 valence electrons. The molecular formula is C18H22Cl2N2O2. The minimum absolute atomic E-state index is 0.0252. The van der Waals surface area contributed by atoms with Gasteiger partial charge in [0.05, 0.1) is 21.7 Å². The number of hydrogen-bond acceptors (Lipinski definition) is 2. The van der Waals surface area contributed by atoms with Gasteiger partial charge in [0.15, 0.2) is 0 Å². The Bertz CT molecular complexity index is 650. The predicted octanol–water partition coefficient (Wildman–Crippen LogP) is 4.04. The summed E-state index contributed by atoms with van der Waals surface area (Å²) in [6.07, 6.45) is 4.78. The van der Waals surface area contributed by atoms with E-state index >= 15 is 0 Å². The van der Waals surface area contributed by atoms with Gasteiger partial charge in [-0.15, -0.1) is 0 Å². The van der Waals surface area contributed by atoms with E-state index in [4.69, 9.17) is 23.2 Å². The normalized spacial score (nSPS) is 27.4. The second-order valence-electron chi connectivity index (χ2n) is 6.86. The summed E-state index contributed by atoms with van der Waals surface area (Å²) in [5.41, 5.74) is 0.579. The number of halogens is 2. The van der Waals surface area contributed by atoms with Crippen molar-refractivity contribution < 1.29 is 9.59 Å². The maximum absolute atomic E-state index is 12.6. The Morgan fingerprint density at radius 3 is 2.75 bits per heavy atom. The number of nitrogens with one attached hydrogen (secondary N) is 1. The van der Waals surface area contributed by atoms with Crippen molar-refractivity contribution in [2.75, 3.05) is 11.4 Å². The molecule has 3 rings (SSSR count). The first-order valence-corrected chi connectivity index (χ1v) is 9.27. The highest BCUT2D eigenvalue weighted by Crippen LogP contribution is 2.36. The number of amides is 2. The van der Waals surface area contributed by atoms with Crippen LogP contribution in [0.2, 0.25) is 10.0 Å². The third-order valence-electron chi connectivity index (χ3n) is 5.16. The van der Waals surface area contributed by atoms with E-state index in [1.807, 2.05) is 0 Å². The van der Waals surface area contributed by atoms with Crippen LogP contribution in [0.25, 0.3) is 0 Å². The molecule has 1 aromatic rings. The van der Waals surface area contributed by atoms with Crippen LogP contribution in [0.15, 0.2) is 18.2 Å². The van der Waals surface area contributed by atoms with Crippen LogP contribution in [0, 0.1) is 11.8 Å². The molecule has 2 amide bonds. The molecule has 1 heterocycles. The molecule has 1 N–H and O–H groups in total. The van der Waals surface area contributed by atoms with Crippen molar-refractivity contribution in [1.82, 2.24) is 5.32 Å². The van der Waals surface area contributed by atoms with Gasteiger partial charge in [-0.3, -0.25) is 9.59 Å². The van der Waals surface area contributed by atoms with Gasteiger partial charge in [-0.05, 0) is 30.9 Å². The first kappa shape index (κ1) is 17.6. The molecule has 0 bridgehead atoms. The number of nitrogens with zero attached hydrogens (tertiary/aromatic N) is 1. The fourth-order valence-electron chi connectivity index (χ4n) is 3.65. The molecule has 0 unspecified atom stereocenters. The number of benzene rings is 1. The lowest BCUT2D eigenvalue weighted by atomic mass is 9.85. The van der Waals surface area contributed by atoms with Gasteiger partial charge in [0.2, 0.25) is 11.8 Å². The molecule has 0 radical (unpaired) electrons. The maximum Gasteiger partial charge on any atom is 0.227 e. The van der Waals surface area contributed by atoms with Crippen molar-refractivity contribution in [3.05, 3.63) is 28.2 Å². The average molecular weight is 369 g/mol. The summed E-state index contributed by atoms with van der Waals surface area (Å²) >= 11 is 12.2. The zero-order chi connectivity index (χ0) is 17.3. The fourth-order valence-corrected chi connectivity index (χ4v) is 4.05. The van der Waals surface area contributed by atoms with Crippen LogP contribution >= 0.6 is 23.2 Å². The number of rotatable bonds is 3. The molecule has 1 aromatic carbocycles. The van der Waals surface area contributed by atoms with Gasteiger partial charge in [-0.1, -0.05) is 49.0 Å². The van der Waals surface area contributed by atoms with E-state index in [9.17, 15) is 9.59 Å². The molecule has 24 heavy (non-hydrogen) atoms. The van der Waals surface area contributed by atoms with Crippen molar-refractivity contribution in [3.63, 3.8) is 0 Å². The highest BCUT2D eigenvalue weighted by atomic mass is 35.5. The van der Waals surface area contributed by atoms with Crippen molar-refractivity contribution >= 4 is 40.7 Å². The molecule has 1 aliphatic heterocycles. The molecule has 4 nitrogen and oxygen atoms in total. The highest BCUT2D eigenvalue weighted by Gasteiger charge is 2.37. The average Bonchev–Trinajstić information content (AvgIpc) is 2.94. The smallest absolute Gasteiger partial charge is 0.227 e. The molecule has 2 aliphatic rings. The topological polar surface area (TPSA) is 49.4 Å². The van der Waals surface area contributed by atoms with Crippen LogP contribution in [0.3, 0.4) is 0 Å². The van der Waals surface area contributed by atoms with Crippen LogP contribution in [0.1, 0.15) is 39.0 Å². The summed E-state index contributed by atoms with van der Waals surface area (Å²) in [4.78, 5) is 26.5. The molecule has 1 saturated carbocycles. The van der Waals surface area contributed by atoms with E-state index < -0.39 is 0 Å². The van der Waals surface area contributed by atoms with E-state index in [-0.39, 0.29) is 30.2 Å². The summed E-state index contributed by atoms with van der Waals surface area (Å²) in [5.74, 6) is 0.0544. The Morgan fingerprint density at radius 2 is 2.00 bits per heavy atom. The molecule has 1 saturated heterocycles. The molecule has 0 aromatic heterocycles. The van der Waals surface area contributed by atoms with Gasteiger partial charge in [0.25, 0.3) is 0 Å².